The van der Waals surface area contributed by atoms with E-state index in [4.69, 9.17) is 0 Å². The molecule has 0 atom stereocenters. The van der Waals surface area contributed by atoms with E-state index in [0.29, 0.717) is 5.69 Å². The molecule has 1 aliphatic rings. The fraction of sp³-hybridized carbons (Fsp3) is 0.316. The molecule has 3 rings (SSSR count). The predicted molar refractivity (Wildman–Crippen MR) is 97.9 cm³/mol. The molecule has 1 fully saturated rings. The number of hydrogen-bond donors (Lipinski definition) is 2. The first-order valence-corrected chi connectivity index (χ1v) is 9.77. The highest BCUT2D eigenvalue weighted by Crippen LogP contribution is 2.26. The smallest absolute Gasteiger partial charge is 0.240 e. The van der Waals surface area contributed by atoms with Crippen molar-refractivity contribution in [1.29, 1.82) is 0 Å². The monoisotopic (exact) mass is 358 g/mol. The maximum absolute atomic E-state index is 12.7. The van der Waals surface area contributed by atoms with E-state index in [-0.39, 0.29) is 16.8 Å². The van der Waals surface area contributed by atoms with Gasteiger partial charge in [0.15, 0.2) is 0 Å². The zero-order chi connectivity index (χ0) is 18.1. The third kappa shape index (κ3) is 4.08. The Morgan fingerprint density at radius 3 is 2.36 bits per heavy atom. The van der Waals surface area contributed by atoms with E-state index in [1.54, 1.807) is 12.1 Å². The number of rotatable bonds is 6. The second-order valence-electron chi connectivity index (χ2n) is 6.87. The van der Waals surface area contributed by atoms with Crippen LogP contribution in [-0.4, -0.2) is 20.4 Å². The average Bonchev–Trinajstić information content (AvgIpc) is 3.39. The van der Waals surface area contributed by atoms with Crippen LogP contribution in [0.25, 0.3) is 0 Å². The molecule has 2 N–H and O–H groups in total. The number of hydrogen-bond acceptors (Lipinski definition) is 3. The Hall–Kier alpha value is -2.18. The molecule has 0 aliphatic heterocycles. The molecule has 0 unspecified atom stereocenters. The lowest BCUT2D eigenvalue weighted by atomic mass is 9.83. The Morgan fingerprint density at radius 1 is 1.04 bits per heavy atom. The van der Waals surface area contributed by atoms with Crippen LogP contribution in [0.15, 0.2) is 59.5 Å². The minimum atomic E-state index is -3.54. The molecular weight excluding hydrogens is 336 g/mol. The van der Waals surface area contributed by atoms with Crippen LogP contribution >= 0.6 is 0 Å². The SMILES string of the molecule is CC(C)(C(=O)Nc1cccc(S(=O)(=O)NC2CC2)c1)c1ccccc1. The van der Waals surface area contributed by atoms with Crippen LogP contribution < -0.4 is 10.0 Å². The van der Waals surface area contributed by atoms with Gasteiger partial charge in [-0.3, -0.25) is 4.79 Å². The van der Waals surface area contributed by atoms with Crippen molar-refractivity contribution >= 4 is 21.6 Å². The van der Waals surface area contributed by atoms with Crippen LogP contribution in [-0.2, 0) is 20.2 Å². The third-order valence-corrected chi connectivity index (χ3v) is 5.88. The summed E-state index contributed by atoms with van der Waals surface area (Å²) in [4.78, 5) is 12.9. The van der Waals surface area contributed by atoms with Gasteiger partial charge in [0, 0.05) is 11.7 Å². The molecule has 0 radical (unpaired) electrons. The fourth-order valence-corrected chi connectivity index (χ4v) is 3.85. The Bertz CT molecular complexity index is 873. The number of anilines is 1. The third-order valence-electron chi connectivity index (χ3n) is 4.36. The summed E-state index contributed by atoms with van der Waals surface area (Å²) < 4.78 is 27.3. The van der Waals surface area contributed by atoms with Crippen molar-refractivity contribution in [2.24, 2.45) is 0 Å². The van der Waals surface area contributed by atoms with Crippen molar-refractivity contribution in [3.8, 4) is 0 Å². The molecule has 0 spiro atoms. The lowest BCUT2D eigenvalue weighted by molar-refractivity contribution is -0.120. The van der Waals surface area contributed by atoms with Crippen molar-refractivity contribution in [3.63, 3.8) is 0 Å². The van der Waals surface area contributed by atoms with Gasteiger partial charge in [0.25, 0.3) is 0 Å². The molecule has 0 aromatic heterocycles. The number of carbonyl (C=O) groups is 1. The van der Waals surface area contributed by atoms with Gasteiger partial charge in [-0.1, -0.05) is 36.4 Å². The van der Waals surface area contributed by atoms with Crippen LogP contribution in [0.5, 0.6) is 0 Å². The lowest BCUT2D eigenvalue weighted by Crippen LogP contribution is -2.34. The zero-order valence-electron chi connectivity index (χ0n) is 14.3. The second kappa shape index (κ2) is 6.61. The van der Waals surface area contributed by atoms with Crippen molar-refractivity contribution in [1.82, 2.24) is 4.72 Å². The lowest BCUT2D eigenvalue weighted by Gasteiger charge is -2.24. The summed E-state index contributed by atoms with van der Waals surface area (Å²) in [6, 6.07) is 15.9. The number of sulfonamides is 1. The summed E-state index contributed by atoms with van der Waals surface area (Å²) in [5.74, 6) is -0.191. The minimum absolute atomic E-state index is 0.0419. The summed E-state index contributed by atoms with van der Waals surface area (Å²) in [5.41, 5.74) is 0.627. The van der Waals surface area contributed by atoms with Gasteiger partial charge < -0.3 is 5.32 Å². The van der Waals surface area contributed by atoms with E-state index in [1.165, 1.54) is 12.1 Å². The molecule has 1 aliphatic carbocycles. The number of benzene rings is 2. The number of amides is 1. The van der Waals surface area contributed by atoms with Crippen molar-refractivity contribution in [2.75, 3.05) is 5.32 Å². The Balaban J connectivity index is 1.79. The largest absolute Gasteiger partial charge is 0.325 e. The average molecular weight is 358 g/mol. The topological polar surface area (TPSA) is 75.3 Å². The van der Waals surface area contributed by atoms with Gasteiger partial charge in [0.1, 0.15) is 0 Å². The van der Waals surface area contributed by atoms with Crippen LogP contribution in [0, 0.1) is 0 Å². The molecule has 0 bridgehead atoms. The molecule has 0 saturated heterocycles. The summed E-state index contributed by atoms with van der Waals surface area (Å²) >= 11 is 0. The normalized spacial score (nSPS) is 15.0. The molecule has 25 heavy (non-hydrogen) atoms. The van der Waals surface area contributed by atoms with Crippen molar-refractivity contribution in [2.45, 2.75) is 43.0 Å². The van der Waals surface area contributed by atoms with E-state index in [2.05, 4.69) is 10.0 Å². The van der Waals surface area contributed by atoms with Crippen LogP contribution in [0.1, 0.15) is 32.3 Å². The maximum atomic E-state index is 12.7. The molecule has 1 amide bonds. The maximum Gasteiger partial charge on any atom is 0.240 e. The summed E-state index contributed by atoms with van der Waals surface area (Å²) in [5, 5.41) is 2.83. The Morgan fingerprint density at radius 2 is 1.72 bits per heavy atom. The highest BCUT2D eigenvalue weighted by atomic mass is 32.2. The van der Waals surface area contributed by atoms with Gasteiger partial charge in [-0.15, -0.1) is 0 Å². The van der Waals surface area contributed by atoms with Gasteiger partial charge >= 0.3 is 0 Å². The zero-order valence-corrected chi connectivity index (χ0v) is 15.1. The summed E-state index contributed by atoms with van der Waals surface area (Å²) in [6.07, 6.45) is 1.75. The Kier molecular flexibility index (Phi) is 4.67. The standard InChI is InChI=1S/C19H22N2O3S/c1-19(2,14-7-4-3-5-8-14)18(22)20-16-9-6-10-17(13-16)25(23,24)21-15-11-12-15/h3-10,13,15,21H,11-12H2,1-2H3,(H,20,22). The molecule has 5 nitrogen and oxygen atoms in total. The number of carbonyl (C=O) groups excluding carboxylic acids is 1. The van der Waals surface area contributed by atoms with Crippen LogP contribution in [0.3, 0.4) is 0 Å². The molecule has 1 saturated carbocycles. The van der Waals surface area contributed by atoms with E-state index >= 15 is 0 Å². The number of nitrogens with one attached hydrogen (secondary N) is 2. The molecular formula is C19H22N2O3S. The summed E-state index contributed by atoms with van der Waals surface area (Å²) in [7, 11) is -3.54. The first-order valence-electron chi connectivity index (χ1n) is 8.28. The van der Waals surface area contributed by atoms with Gasteiger partial charge in [-0.05, 0) is 50.5 Å². The first-order chi connectivity index (χ1) is 11.8. The molecule has 132 valence electrons. The molecule has 6 heteroatoms. The van der Waals surface area contributed by atoms with Gasteiger partial charge in [0.05, 0.1) is 10.3 Å². The highest BCUT2D eigenvalue weighted by molar-refractivity contribution is 7.89. The fourth-order valence-electron chi connectivity index (χ4n) is 2.50. The highest BCUT2D eigenvalue weighted by Gasteiger charge is 2.30. The van der Waals surface area contributed by atoms with Crippen LogP contribution in [0.4, 0.5) is 5.69 Å². The van der Waals surface area contributed by atoms with Crippen molar-refractivity contribution in [3.05, 3.63) is 60.2 Å². The quantitative estimate of drug-likeness (QED) is 0.833. The van der Waals surface area contributed by atoms with E-state index in [1.807, 2.05) is 44.2 Å². The van der Waals surface area contributed by atoms with Crippen molar-refractivity contribution < 1.29 is 13.2 Å². The predicted octanol–water partition coefficient (Wildman–Crippen LogP) is 3.04. The second-order valence-corrected chi connectivity index (χ2v) is 8.58. The van der Waals surface area contributed by atoms with Gasteiger partial charge in [0.2, 0.25) is 15.9 Å². The molecule has 0 heterocycles. The van der Waals surface area contributed by atoms with Gasteiger partial charge in [-0.25, -0.2) is 13.1 Å². The Labute approximate surface area is 148 Å². The van der Waals surface area contributed by atoms with E-state index < -0.39 is 15.4 Å². The van der Waals surface area contributed by atoms with E-state index in [9.17, 15) is 13.2 Å². The van der Waals surface area contributed by atoms with E-state index in [0.717, 1.165) is 18.4 Å². The van der Waals surface area contributed by atoms with Crippen LogP contribution in [0.2, 0.25) is 0 Å². The summed E-state index contributed by atoms with van der Waals surface area (Å²) in [6.45, 7) is 3.68. The molecule has 2 aromatic carbocycles. The minimum Gasteiger partial charge on any atom is -0.325 e. The first kappa shape index (κ1) is 17.6. The van der Waals surface area contributed by atoms with Gasteiger partial charge in [-0.2, -0.15) is 0 Å². The molecule has 2 aromatic rings.